The zero-order chi connectivity index (χ0) is 24.2. The van der Waals surface area contributed by atoms with Gasteiger partial charge >= 0.3 is 0 Å². The fraction of sp³-hybridized carbons (Fsp3) is 0.160. The van der Waals surface area contributed by atoms with Gasteiger partial charge in [-0.05, 0) is 50.1 Å². The molecule has 9 nitrogen and oxygen atoms in total. The highest BCUT2D eigenvalue weighted by molar-refractivity contribution is 5.96. The number of aryl methyl sites for hydroxylation is 2. The Kier molecular flexibility index (Phi) is 6.80. The van der Waals surface area contributed by atoms with Crippen LogP contribution in [0.15, 0.2) is 76.2 Å². The third kappa shape index (κ3) is 5.03. The maximum atomic E-state index is 11.0. The van der Waals surface area contributed by atoms with Crippen molar-refractivity contribution < 1.29 is 14.8 Å². The molecule has 0 spiro atoms. The van der Waals surface area contributed by atoms with Crippen LogP contribution >= 0.6 is 0 Å². The van der Waals surface area contributed by atoms with E-state index < -0.39 is 5.23 Å². The SMILES string of the molecule is CC(CCc1oc2ccccc2c1-c1ccc(C)cc1)=NNc1ccc(N([O-])[O-])cc1N(O)O. The summed E-state index contributed by atoms with van der Waals surface area (Å²) in [7, 11) is 0. The number of para-hydroxylation sites is 1. The molecule has 1 heterocycles. The van der Waals surface area contributed by atoms with Crippen LogP contribution in [0.2, 0.25) is 0 Å². The molecule has 3 aromatic carbocycles. The molecule has 0 fully saturated rings. The van der Waals surface area contributed by atoms with Gasteiger partial charge in [-0.1, -0.05) is 48.0 Å². The Balaban J connectivity index is 1.55. The number of hydrogen-bond donors (Lipinski definition) is 3. The number of hydrogen-bond acceptors (Lipinski definition) is 9. The molecule has 0 amide bonds. The molecule has 0 radical (unpaired) electrons. The lowest BCUT2D eigenvalue weighted by Gasteiger charge is -2.37. The van der Waals surface area contributed by atoms with Crippen molar-refractivity contribution in [3.63, 3.8) is 0 Å². The molecule has 3 N–H and O–H groups in total. The largest absolute Gasteiger partial charge is 0.769 e. The molecule has 0 bridgehead atoms. The van der Waals surface area contributed by atoms with Gasteiger partial charge in [0.25, 0.3) is 0 Å². The van der Waals surface area contributed by atoms with Crippen LogP contribution in [-0.2, 0) is 6.42 Å². The lowest BCUT2D eigenvalue weighted by atomic mass is 9.99. The maximum absolute atomic E-state index is 11.0. The van der Waals surface area contributed by atoms with E-state index in [1.54, 1.807) is 0 Å². The van der Waals surface area contributed by atoms with Gasteiger partial charge in [0, 0.05) is 28.8 Å². The number of hydrazone groups is 1. The molecule has 0 unspecified atom stereocenters. The van der Waals surface area contributed by atoms with Gasteiger partial charge in [0.05, 0.1) is 5.69 Å². The third-order valence-corrected chi connectivity index (χ3v) is 5.50. The van der Waals surface area contributed by atoms with Crippen molar-refractivity contribution in [2.24, 2.45) is 5.10 Å². The lowest BCUT2D eigenvalue weighted by Crippen LogP contribution is -2.14. The number of rotatable bonds is 8. The van der Waals surface area contributed by atoms with Crippen molar-refractivity contribution in [1.82, 2.24) is 0 Å². The van der Waals surface area contributed by atoms with E-state index >= 15 is 0 Å². The second kappa shape index (κ2) is 9.94. The van der Waals surface area contributed by atoms with Crippen LogP contribution in [0.5, 0.6) is 0 Å². The van der Waals surface area contributed by atoms with Crippen LogP contribution in [0.25, 0.3) is 22.1 Å². The Morgan fingerprint density at radius 3 is 2.47 bits per heavy atom. The van der Waals surface area contributed by atoms with Crippen LogP contribution in [-0.4, -0.2) is 16.1 Å². The van der Waals surface area contributed by atoms with E-state index in [9.17, 15) is 20.8 Å². The van der Waals surface area contributed by atoms with Gasteiger partial charge in [-0.3, -0.25) is 15.8 Å². The van der Waals surface area contributed by atoms with E-state index in [1.165, 1.54) is 17.7 Å². The van der Waals surface area contributed by atoms with Crippen molar-refractivity contribution in [3.8, 4) is 11.1 Å². The van der Waals surface area contributed by atoms with E-state index in [4.69, 9.17) is 4.42 Å². The van der Waals surface area contributed by atoms with E-state index in [-0.39, 0.29) is 22.3 Å². The number of anilines is 3. The van der Waals surface area contributed by atoms with Crippen LogP contribution in [0.3, 0.4) is 0 Å². The molecular formula is C25H24N4O5-2. The zero-order valence-electron chi connectivity index (χ0n) is 18.7. The minimum absolute atomic E-state index is 0.178. The van der Waals surface area contributed by atoms with E-state index in [1.807, 2.05) is 38.1 Å². The van der Waals surface area contributed by atoms with Crippen molar-refractivity contribution in [3.05, 3.63) is 88.5 Å². The summed E-state index contributed by atoms with van der Waals surface area (Å²) in [5.74, 6) is 0.854. The highest BCUT2D eigenvalue weighted by Gasteiger charge is 2.16. The average Bonchev–Trinajstić information content (AvgIpc) is 3.20. The van der Waals surface area contributed by atoms with Crippen molar-refractivity contribution >= 4 is 33.7 Å². The van der Waals surface area contributed by atoms with E-state index in [0.717, 1.165) is 39.6 Å². The summed E-state index contributed by atoms with van der Waals surface area (Å²) in [6.07, 6.45) is 1.18. The summed E-state index contributed by atoms with van der Waals surface area (Å²) in [4.78, 5) is 0. The second-order valence-electron chi connectivity index (χ2n) is 7.97. The Hall–Kier alpha value is -3.89. The summed E-state index contributed by atoms with van der Waals surface area (Å²) in [5.41, 5.74) is 7.38. The summed E-state index contributed by atoms with van der Waals surface area (Å²) in [6.45, 7) is 3.88. The number of nitrogens with one attached hydrogen (secondary N) is 1. The van der Waals surface area contributed by atoms with Gasteiger partial charge in [-0.15, -0.1) is 5.23 Å². The highest BCUT2D eigenvalue weighted by atomic mass is 16.8. The number of furan rings is 1. The van der Waals surface area contributed by atoms with Crippen LogP contribution in [0, 0.1) is 17.3 Å². The first-order valence-corrected chi connectivity index (χ1v) is 10.7. The van der Waals surface area contributed by atoms with Crippen LogP contribution < -0.4 is 15.9 Å². The maximum Gasteiger partial charge on any atom is 0.134 e. The molecular weight excluding hydrogens is 436 g/mol. The van der Waals surface area contributed by atoms with Gasteiger partial charge in [-0.2, -0.15) is 5.10 Å². The molecule has 4 aromatic rings. The standard InChI is InChI=1S/C25H24N4O5/c1-16-7-10-18(11-8-16)25-20-5-3-4-6-23(20)34-24(25)14-9-17(2)26-27-21-13-12-19(28(30)31)15-22(21)29(32)33/h3-8,10-13,15,27,32-33H,9,14H2,1-2H3/q-2. The van der Waals surface area contributed by atoms with Gasteiger partial charge in [-0.25, -0.2) is 0 Å². The average molecular weight is 460 g/mol. The van der Waals surface area contributed by atoms with Gasteiger partial charge in [0.2, 0.25) is 0 Å². The van der Waals surface area contributed by atoms with Crippen LogP contribution in [0.1, 0.15) is 24.7 Å². The summed E-state index contributed by atoms with van der Waals surface area (Å²) in [5, 5.41) is 45.3. The minimum Gasteiger partial charge on any atom is -0.769 e. The monoisotopic (exact) mass is 460 g/mol. The van der Waals surface area contributed by atoms with Crippen LogP contribution in [0.4, 0.5) is 17.1 Å². The van der Waals surface area contributed by atoms with E-state index in [0.29, 0.717) is 12.8 Å². The van der Waals surface area contributed by atoms with Gasteiger partial charge < -0.3 is 20.1 Å². The van der Waals surface area contributed by atoms with Gasteiger partial charge in [0.15, 0.2) is 0 Å². The Bertz CT molecular complexity index is 1310. The topological polar surface area (TPSA) is 131 Å². The molecule has 4 rings (SSSR count). The summed E-state index contributed by atoms with van der Waals surface area (Å²) < 4.78 is 6.17. The number of nitrogens with zero attached hydrogens (tertiary/aromatic N) is 3. The molecule has 0 aliphatic heterocycles. The predicted octanol–water partition coefficient (Wildman–Crippen LogP) is 6.22. The minimum atomic E-state index is -0.621. The Morgan fingerprint density at radius 1 is 1.03 bits per heavy atom. The lowest BCUT2D eigenvalue weighted by molar-refractivity contribution is 0.0295. The molecule has 1 aromatic heterocycles. The first kappa shape index (κ1) is 23.3. The molecule has 0 saturated heterocycles. The molecule has 0 aliphatic carbocycles. The molecule has 0 saturated carbocycles. The number of fused-ring (bicyclic) bond motifs is 1. The highest BCUT2D eigenvalue weighted by Crippen LogP contribution is 2.36. The molecule has 9 heteroatoms. The fourth-order valence-electron chi connectivity index (χ4n) is 3.71. The first-order chi connectivity index (χ1) is 16.3. The van der Waals surface area contributed by atoms with Gasteiger partial charge in [0.1, 0.15) is 17.0 Å². The zero-order valence-corrected chi connectivity index (χ0v) is 18.7. The summed E-state index contributed by atoms with van der Waals surface area (Å²) in [6, 6.07) is 19.9. The van der Waals surface area contributed by atoms with Crippen molar-refractivity contribution in [1.29, 1.82) is 0 Å². The fourth-order valence-corrected chi connectivity index (χ4v) is 3.71. The molecule has 0 aliphatic rings. The van der Waals surface area contributed by atoms with Crippen molar-refractivity contribution in [2.45, 2.75) is 26.7 Å². The quantitative estimate of drug-likeness (QED) is 0.209. The number of benzene rings is 3. The smallest absolute Gasteiger partial charge is 0.134 e. The van der Waals surface area contributed by atoms with Crippen molar-refractivity contribution in [2.75, 3.05) is 15.9 Å². The molecule has 34 heavy (non-hydrogen) atoms. The second-order valence-corrected chi connectivity index (χ2v) is 7.97. The molecule has 176 valence electrons. The first-order valence-electron chi connectivity index (χ1n) is 10.7. The molecule has 0 atom stereocenters. The third-order valence-electron chi connectivity index (χ3n) is 5.50. The van der Waals surface area contributed by atoms with E-state index in [2.05, 4.69) is 34.8 Å². The normalized spacial score (nSPS) is 11.6. The Morgan fingerprint density at radius 2 is 1.76 bits per heavy atom. The summed E-state index contributed by atoms with van der Waals surface area (Å²) >= 11 is 0. The Labute approximate surface area is 196 Å². The predicted molar refractivity (Wildman–Crippen MR) is 133 cm³/mol.